The van der Waals surface area contributed by atoms with Gasteiger partial charge < -0.3 is 10.2 Å². The summed E-state index contributed by atoms with van der Waals surface area (Å²) in [5, 5.41) is 3.14. The van der Waals surface area contributed by atoms with Crippen LogP contribution in [0.1, 0.15) is 25.7 Å². The van der Waals surface area contributed by atoms with E-state index in [2.05, 4.69) is 5.32 Å². The van der Waals surface area contributed by atoms with Crippen LogP contribution in [0.3, 0.4) is 0 Å². The second-order valence-corrected chi connectivity index (χ2v) is 4.24. The van der Waals surface area contributed by atoms with Gasteiger partial charge in [0, 0.05) is 26.2 Å². The third kappa shape index (κ3) is 1.70. The number of carbonyl (C=O) groups is 1. The molecule has 0 bridgehead atoms. The van der Waals surface area contributed by atoms with Gasteiger partial charge in [-0.15, -0.1) is 0 Å². The molecule has 2 aliphatic rings. The molecule has 0 spiro atoms. The number of amides is 1. The highest BCUT2D eigenvalue weighted by Gasteiger charge is 2.31. The van der Waals surface area contributed by atoms with Gasteiger partial charge in [-0.05, 0) is 12.8 Å². The highest BCUT2D eigenvalue weighted by molar-refractivity contribution is 5.80. The molecule has 1 N–H and O–H groups in total. The lowest BCUT2D eigenvalue weighted by Gasteiger charge is -2.33. The van der Waals surface area contributed by atoms with Crippen LogP contribution in [0, 0.1) is 5.92 Å². The van der Waals surface area contributed by atoms with Crippen LogP contribution < -0.4 is 5.32 Å². The molecule has 0 unspecified atom stereocenters. The SMILES string of the molecule is CN(C(=O)C1CNC1)C1CCCC1. The zero-order valence-electron chi connectivity index (χ0n) is 8.25. The van der Waals surface area contributed by atoms with Gasteiger partial charge in [0.1, 0.15) is 0 Å². The largest absolute Gasteiger partial charge is 0.342 e. The standard InChI is InChI=1S/C10H18N2O/c1-12(9-4-2-3-5-9)10(13)8-6-11-7-8/h8-9,11H,2-7H2,1H3. The summed E-state index contributed by atoms with van der Waals surface area (Å²) in [6.45, 7) is 1.77. The van der Waals surface area contributed by atoms with E-state index in [0.29, 0.717) is 11.9 Å². The third-order valence-corrected chi connectivity index (χ3v) is 3.35. The number of nitrogens with zero attached hydrogens (tertiary/aromatic N) is 1. The highest BCUT2D eigenvalue weighted by Crippen LogP contribution is 2.23. The van der Waals surface area contributed by atoms with Gasteiger partial charge in [-0.1, -0.05) is 12.8 Å². The molecule has 1 heterocycles. The maximum Gasteiger partial charge on any atom is 0.228 e. The van der Waals surface area contributed by atoms with Crippen LogP contribution in [0.25, 0.3) is 0 Å². The summed E-state index contributed by atoms with van der Waals surface area (Å²) in [6.07, 6.45) is 5.02. The molecule has 1 aliphatic heterocycles. The third-order valence-electron chi connectivity index (χ3n) is 3.35. The molecule has 0 radical (unpaired) electrons. The predicted octanol–water partition coefficient (Wildman–Crippen LogP) is 0.607. The minimum Gasteiger partial charge on any atom is -0.342 e. The molecule has 3 nitrogen and oxygen atoms in total. The molecule has 1 aliphatic carbocycles. The van der Waals surface area contributed by atoms with Crippen LogP contribution in [0.4, 0.5) is 0 Å². The fourth-order valence-corrected chi connectivity index (χ4v) is 2.22. The average Bonchev–Trinajstić information content (AvgIpc) is 2.51. The normalized spacial score (nSPS) is 24.4. The first kappa shape index (κ1) is 9.00. The molecule has 13 heavy (non-hydrogen) atoms. The van der Waals surface area contributed by atoms with E-state index in [1.165, 1.54) is 25.7 Å². The van der Waals surface area contributed by atoms with Gasteiger partial charge in [-0.25, -0.2) is 0 Å². The fourth-order valence-electron chi connectivity index (χ4n) is 2.22. The summed E-state index contributed by atoms with van der Waals surface area (Å²) in [4.78, 5) is 13.8. The lowest BCUT2D eigenvalue weighted by atomic mass is 10.0. The van der Waals surface area contributed by atoms with Crippen molar-refractivity contribution in [3.8, 4) is 0 Å². The maximum atomic E-state index is 11.8. The summed E-state index contributed by atoms with van der Waals surface area (Å²) < 4.78 is 0. The van der Waals surface area contributed by atoms with E-state index in [1.54, 1.807) is 0 Å². The van der Waals surface area contributed by atoms with Crippen molar-refractivity contribution < 1.29 is 4.79 Å². The van der Waals surface area contributed by atoms with E-state index >= 15 is 0 Å². The van der Waals surface area contributed by atoms with Gasteiger partial charge in [0.15, 0.2) is 0 Å². The Morgan fingerprint density at radius 3 is 2.38 bits per heavy atom. The van der Waals surface area contributed by atoms with Crippen LogP contribution in [0.2, 0.25) is 0 Å². The van der Waals surface area contributed by atoms with E-state index in [0.717, 1.165) is 13.1 Å². The Morgan fingerprint density at radius 1 is 1.31 bits per heavy atom. The average molecular weight is 182 g/mol. The minimum absolute atomic E-state index is 0.269. The smallest absolute Gasteiger partial charge is 0.228 e. The molecule has 0 atom stereocenters. The van der Waals surface area contributed by atoms with Crippen molar-refractivity contribution in [1.29, 1.82) is 0 Å². The molecule has 1 saturated heterocycles. The van der Waals surface area contributed by atoms with E-state index in [4.69, 9.17) is 0 Å². The van der Waals surface area contributed by atoms with Crippen molar-refractivity contribution in [2.24, 2.45) is 5.92 Å². The zero-order valence-corrected chi connectivity index (χ0v) is 8.25. The van der Waals surface area contributed by atoms with Gasteiger partial charge in [-0.2, -0.15) is 0 Å². The van der Waals surface area contributed by atoms with Gasteiger partial charge in [0.25, 0.3) is 0 Å². The van der Waals surface area contributed by atoms with E-state index < -0.39 is 0 Å². The minimum atomic E-state index is 0.269. The first-order valence-electron chi connectivity index (χ1n) is 5.26. The quantitative estimate of drug-likeness (QED) is 0.678. The Balaban J connectivity index is 1.87. The van der Waals surface area contributed by atoms with Gasteiger partial charge in [0.05, 0.1) is 5.92 Å². The second-order valence-electron chi connectivity index (χ2n) is 4.24. The van der Waals surface area contributed by atoms with Crippen molar-refractivity contribution in [2.45, 2.75) is 31.7 Å². The Bertz CT molecular complexity index is 195. The Morgan fingerprint density at radius 2 is 1.92 bits per heavy atom. The van der Waals surface area contributed by atoms with Crippen LogP contribution in [0.15, 0.2) is 0 Å². The van der Waals surface area contributed by atoms with Crippen molar-refractivity contribution in [2.75, 3.05) is 20.1 Å². The van der Waals surface area contributed by atoms with Crippen molar-refractivity contribution in [3.05, 3.63) is 0 Å². The fraction of sp³-hybridized carbons (Fsp3) is 0.900. The van der Waals surface area contributed by atoms with Crippen LogP contribution in [-0.2, 0) is 4.79 Å². The maximum absolute atomic E-state index is 11.8. The molecule has 0 aromatic carbocycles. The monoisotopic (exact) mass is 182 g/mol. The summed E-state index contributed by atoms with van der Waals surface area (Å²) in [5.74, 6) is 0.622. The molecule has 0 aromatic rings. The molecule has 2 fully saturated rings. The first-order valence-corrected chi connectivity index (χ1v) is 5.26. The summed E-state index contributed by atoms with van der Waals surface area (Å²) in [6, 6.07) is 0.535. The molecule has 0 aromatic heterocycles. The summed E-state index contributed by atoms with van der Waals surface area (Å²) in [7, 11) is 1.97. The Kier molecular flexibility index (Phi) is 2.54. The molecule has 1 saturated carbocycles. The van der Waals surface area contributed by atoms with Crippen LogP contribution in [-0.4, -0.2) is 37.0 Å². The Labute approximate surface area is 79.5 Å². The second kappa shape index (κ2) is 3.66. The number of nitrogens with one attached hydrogen (secondary N) is 1. The van der Waals surface area contributed by atoms with Crippen molar-refractivity contribution in [3.63, 3.8) is 0 Å². The van der Waals surface area contributed by atoms with Crippen molar-refractivity contribution in [1.82, 2.24) is 10.2 Å². The van der Waals surface area contributed by atoms with Gasteiger partial charge in [0.2, 0.25) is 5.91 Å². The molecule has 2 rings (SSSR count). The molecule has 1 amide bonds. The number of rotatable bonds is 2. The lowest BCUT2D eigenvalue weighted by molar-refractivity contribution is -0.137. The van der Waals surface area contributed by atoms with E-state index in [-0.39, 0.29) is 5.92 Å². The highest BCUT2D eigenvalue weighted by atomic mass is 16.2. The Hall–Kier alpha value is -0.570. The van der Waals surface area contributed by atoms with Crippen LogP contribution >= 0.6 is 0 Å². The van der Waals surface area contributed by atoms with E-state index in [9.17, 15) is 4.79 Å². The summed E-state index contributed by atoms with van der Waals surface area (Å²) >= 11 is 0. The van der Waals surface area contributed by atoms with E-state index in [1.807, 2.05) is 11.9 Å². The molecule has 74 valence electrons. The molecular formula is C10H18N2O. The van der Waals surface area contributed by atoms with Gasteiger partial charge >= 0.3 is 0 Å². The van der Waals surface area contributed by atoms with Gasteiger partial charge in [-0.3, -0.25) is 4.79 Å². The lowest BCUT2D eigenvalue weighted by Crippen LogP contribution is -2.52. The zero-order chi connectivity index (χ0) is 9.26. The number of carbonyl (C=O) groups excluding carboxylic acids is 1. The topological polar surface area (TPSA) is 32.3 Å². The number of hydrogen-bond acceptors (Lipinski definition) is 2. The van der Waals surface area contributed by atoms with Crippen LogP contribution in [0.5, 0.6) is 0 Å². The number of hydrogen-bond donors (Lipinski definition) is 1. The summed E-state index contributed by atoms with van der Waals surface area (Å²) in [5.41, 5.74) is 0. The predicted molar refractivity (Wildman–Crippen MR) is 51.4 cm³/mol. The first-order chi connectivity index (χ1) is 6.29. The molecular weight excluding hydrogens is 164 g/mol. The molecule has 3 heteroatoms. The van der Waals surface area contributed by atoms with Crippen molar-refractivity contribution >= 4 is 5.91 Å².